The smallest absolute Gasteiger partial charge is 0.363 e. The van der Waals surface area contributed by atoms with Crippen molar-refractivity contribution in [2.75, 3.05) is 32.1 Å². The SMILES string of the molecule is CCNC(=NCc1cccc(N(C)C)n1)NCCc1ccc(C(F)(F)F)cc1. The van der Waals surface area contributed by atoms with E-state index in [9.17, 15) is 13.2 Å². The second-order valence-electron chi connectivity index (χ2n) is 6.45. The van der Waals surface area contributed by atoms with Crippen LogP contribution in [0.15, 0.2) is 47.5 Å². The number of hydrogen-bond acceptors (Lipinski definition) is 3. The molecule has 152 valence electrons. The Morgan fingerprint density at radius 3 is 2.39 bits per heavy atom. The fraction of sp³-hybridized carbons (Fsp3) is 0.400. The molecule has 0 saturated carbocycles. The Bertz CT molecular complexity index is 770. The molecule has 1 aromatic carbocycles. The molecule has 28 heavy (non-hydrogen) atoms. The van der Waals surface area contributed by atoms with Crippen molar-refractivity contribution < 1.29 is 13.2 Å². The monoisotopic (exact) mass is 393 g/mol. The van der Waals surface area contributed by atoms with Crippen LogP contribution in [0, 0.1) is 0 Å². The fourth-order valence-electron chi connectivity index (χ4n) is 2.49. The van der Waals surface area contributed by atoms with Crippen molar-refractivity contribution in [3.05, 3.63) is 59.3 Å². The van der Waals surface area contributed by atoms with Crippen molar-refractivity contribution >= 4 is 11.8 Å². The van der Waals surface area contributed by atoms with Crippen LogP contribution in [0.25, 0.3) is 0 Å². The molecule has 0 bridgehead atoms. The van der Waals surface area contributed by atoms with Crippen LogP contribution in [0.2, 0.25) is 0 Å². The molecule has 1 aromatic heterocycles. The number of anilines is 1. The van der Waals surface area contributed by atoms with E-state index in [2.05, 4.69) is 20.6 Å². The van der Waals surface area contributed by atoms with Gasteiger partial charge in [0.2, 0.25) is 0 Å². The summed E-state index contributed by atoms with van der Waals surface area (Å²) < 4.78 is 37.8. The van der Waals surface area contributed by atoms with E-state index in [1.54, 1.807) is 0 Å². The molecule has 2 aromatic rings. The van der Waals surface area contributed by atoms with E-state index in [1.807, 2.05) is 44.1 Å². The molecular weight excluding hydrogens is 367 g/mol. The summed E-state index contributed by atoms with van der Waals surface area (Å²) in [6, 6.07) is 11.0. The number of aromatic nitrogens is 1. The molecule has 0 fully saturated rings. The van der Waals surface area contributed by atoms with Gasteiger partial charge in [-0.3, -0.25) is 0 Å². The average molecular weight is 393 g/mol. The first-order valence-electron chi connectivity index (χ1n) is 9.11. The molecular formula is C20H26F3N5. The summed E-state index contributed by atoms with van der Waals surface area (Å²) >= 11 is 0. The maximum Gasteiger partial charge on any atom is 0.416 e. The number of hydrogen-bond donors (Lipinski definition) is 2. The molecule has 0 atom stereocenters. The van der Waals surface area contributed by atoms with E-state index in [-0.39, 0.29) is 0 Å². The summed E-state index contributed by atoms with van der Waals surface area (Å²) in [7, 11) is 3.87. The zero-order chi connectivity index (χ0) is 20.6. The zero-order valence-electron chi connectivity index (χ0n) is 16.3. The quantitative estimate of drug-likeness (QED) is 0.559. The van der Waals surface area contributed by atoms with Crippen molar-refractivity contribution in [2.45, 2.75) is 26.1 Å². The Hall–Kier alpha value is -2.77. The molecule has 2 rings (SSSR count). The first-order valence-corrected chi connectivity index (χ1v) is 9.11. The fourth-order valence-corrected chi connectivity index (χ4v) is 2.49. The Kier molecular flexibility index (Phi) is 7.66. The summed E-state index contributed by atoms with van der Waals surface area (Å²) in [5.41, 5.74) is 1.05. The molecule has 0 saturated heterocycles. The summed E-state index contributed by atoms with van der Waals surface area (Å²) in [5.74, 6) is 1.51. The largest absolute Gasteiger partial charge is 0.416 e. The number of guanidine groups is 1. The normalized spacial score (nSPS) is 12.0. The van der Waals surface area contributed by atoms with Gasteiger partial charge in [0.1, 0.15) is 5.82 Å². The molecule has 1 heterocycles. The Balaban J connectivity index is 1.91. The predicted octanol–water partition coefficient (Wildman–Crippen LogP) is 3.46. The maximum atomic E-state index is 12.6. The van der Waals surface area contributed by atoms with Gasteiger partial charge >= 0.3 is 6.18 Å². The number of aliphatic imine (C=N–C) groups is 1. The zero-order valence-corrected chi connectivity index (χ0v) is 16.3. The van der Waals surface area contributed by atoms with Crippen LogP contribution in [0.1, 0.15) is 23.7 Å². The van der Waals surface area contributed by atoms with Crippen LogP contribution in [0.5, 0.6) is 0 Å². The maximum absolute atomic E-state index is 12.6. The van der Waals surface area contributed by atoms with Crippen molar-refractivity contribution in [2.24, 2.45) is 4.99 Å². The van der Waals surface area contributed by atoms with Gasteiger partial charge in [0.25, 0.3) is 0 Å². The standard InChI is InChI=1S/C20H26F3N5/c1-4-24-19(26-14-17-6-5-7-18(27-17)28(2)3)25-13-12-15-8-10-16(11-9-15)20(21,22)23/h5-11H,4,12-14H2,1-3H3,(H2,24,25,26). The van der Waals surface area contributed by atoms with Crippen molar-refractivity contribution in [1.82, 2.24) is 15.6 Å². The molecule has 8 heteroatoms. The molecule has 0 aliphatic rings. The number of pyridine rings is 1. The van der Waals surface area contributed by atoms with Gasteiger partial charge in [-0.05, 0) is 43.2 Å². The Labute approximate surface area is 163 Å². The molecule has 0 unspecified atom stereocenters. The molecule has 0 spiro atoms. The Morgan fingerprint density at radius 2 is 1.79 bits per heavy atom. The molecule has 5 nitrogen and oxygen atoms in total. The minimum absolute atomic E-state index is 0.428. The van der Waals surface area contributed by atoms with Crippen molar-refractivity contribution in [3.8, 4) is 0 Å². The first kappa shape index (κ1) is 21.5. The van der Waals surface area contributed by atoms with Crippen molar-refractivity contribution in [3.63, 3.8) is 0 Å². The second-order valence-corrected chi connectivity index (χ2v) is 6.45. The van der Waals surface area contributed by atoms with E-state index in [1.165, 1.54) is 12.1 Å². The third kappa shape index (κ3) is 6.75. The molecule has 0 aliphatic heterocycles. The van der Waals surface area contributed by atoms with Gasteiger partial charge in [-0.15, -0.1) is 0 Å². The van der Waals surface area contributed by atoms with E-state index in [0.29, 0.717) is 32.0 Å². The molecule has 2 N–H and O–H groups in total. The Morgan fingerprint density at radius 1 is 1.07 bits per heavy atom. The topological polar surface area (TPSA) is 52.6 Å². The van der Waals surface area contributed by atoms with Crippen LogP contribution in [-0.4, -0.2) is 38.1 Å². The first-order chi connectivity index (χ1) is 13.3. The highest BCUT2D eigenvalue weighted by molar-refractivity contribution is 5.79. The predicted molar refractivity (Wildman–Crippen MR) is 107 cm³/mol. The van der Waals surface area contributed by atoms with Gasteiger partial charge in [0.15, 0.2) is 5.96 Å². The highest BCUT2D eigenvalue weighted by atomic mass is 19.4. The highest BCUT2D eigenvalue weighted by Gasteiger charge is 2.29. The van der Waals surface area contributed by atoms with Crippen LogP contribution in [0.4, 0.5) is 19.0 Å². The number of rotatable bonds is 7. The highest BCUT2D eigenvalue weighted by Crippen LogP contribution is 2.29. The van der Waals surface area contributed by atoms with Crippen LogP contribution in [0.3, 0.4) is 0 Å². The lowest BCUT2D eigenvalue weighted by Crippen LogP contribution is -2.38. The van der Waals surface area contributed by atoms with Crippen LogP contribution in [-0.2, 0) is 19.1 Å². The van der Waals surface area contributed by atoms with Gasteiger partial charge in [-0.1, -0.05) is 18.2 Å². The molecule has 0 amide bonds. The lowest BCUT2D eigenvalue weighted by Gasteiger charge is -2.13. The number of alkyl halides is 3. The van der Waals surface area contributed by atoms with Gasteiger partial charge in [0, 0.05) is 27.2 Å². The van der Waals surface area contributed by atoms with Gasteiger partial charge in [-0.25, -0.2) is 9.98 Å². The summed E-state index contributed by atoms with van der Waals surface area (Å²) in [6.07, 6.45) is -3.71. The van der Waals surface area contributed by atoms with Gasteiger partial charge in [0.05, 0.1) is 17.8 Å². The second kappa shape index (κ2) is 9.96. The van der Waals surface area contributed by atoms with Gasteiger partial charge < -0.3 is 15.5 Å². The third-order valence-corrected chi connectivity index (χ3v) is 3.98. The van der Waals surface area contributed by atoms with E-state index >= 15 is 0 Å². The van der Waals surface area contributed by atoms with E-state index in [0.717, 1.165) is 29.2 Å². The van der Waals surface area contributed by atoms with E-state index < -0.39 is 11.7 Å². The average Bonchev–Trinajstić information content (AvgIpc) is 2.66. The minimum atomic E-state index is -4.31. The minimum Gasteiger partial charge on any atom is -0.363 e. The number of halogens is 3. The van der Waals surface area contributed by atoms with Gasteiger partial charge in [-0.2, -0.15) is 13.2 Å². The van der Waals surface area contributed by atoms with Crippen molar-refractivity contribution in [1.29, 1.82) is 0 Å². The third-order valence-electron chi connectivity index (χ3n) is 3.98. The van der Waals surface area contributed by atoms with E-state index in [4.69, 9.17) is 0 Å². The number of nitrogens with zero attached hydrogens (tertiary/aromatic N) is 3. The summed E-state index contributed by atoms with van der Waals surface area (Å²) in [4.78, 5) is 11.0. The lowest BCUT2D eigenvalue weighted by molar-refractivity contribution is -0.137. The lowest BCUT2D eigenvalue weighted by atomic mass is 10.1. The van der Waals surface area contributed by atoms with Crippen LogP contribution < -0.4 is 15.5 Å². The molecule has 0 radical (unpaired) electrons. The summed E-state index contributed by atoms with van der Waals surface area (Å²) in [6.45, 7) is 3.66. The number of benzene rings is 1. The summed E-state index contributed by atoms with van der Waals surface area (Å²) in [5, 5.41) is 6.36. The van der Waals surface area contributed by atoms with Crippen LogP contribution >= 0.6 is 0 Å². The molecule has 0 aliphatic carbocycles. The number of nitrogens with one attached hydrogen (secondary N) is 2.